The average molecular weight is 338 g/mol. The van der Waals surface area contributed by atoms with Crippen molar-refractivity contribution in [1.82, 2.24) is 0 Å². The zero-order valence-electron chi connectivity index (χ0n) is 11.6. The van der Waals surface area contributed by atoms with Crippen molar-refractivity contribution >= 4 is 21.6 Å². The number of rotatable bonds is 5. The summed E-state index contributed by atoms with van der Waals surface area (Å²) in [7, 11) is 1.66. The summed E-state index contributed by atoms with van der Waals surface area (Å²) in [6.45, 7) is 3.51. The van der Waals surface area contributed by atoms with Crippen molar-refractivity contribution in [2.75, 3.05) is 18.6 Å². The van der Waals surface area contributed by atoms with E-state index in [1.54, 1.807) is 19.2 Å². The van der Waals surface area contributed by atoms with Crippen LogP contribution in [-0.4, -0.2) is 13.7 Å². The van der Waals surface area contributed by atoms with Gasteiger partial charge in [-0.2, -0.15) is 0 Å². The van der Waals surface area contributed by atoms with Crippen molar-refractivity contribution in [2.24, 2.45) is 0 Å². The van der Waals surface area contributed by atoms with Crippen molar-refractivity contribution < 1.29 is 9.13 Å². The second-order valence-electron chi connectivity index (χ2n) is 4.45. The minimum atomic E-state index is -0.220. The van der Waals surface area contributed by atoms with Gasteiger partial charge in [0.25, 0.3) is 0 Å². The summed E-state index contributed by atoms with van der Waals surface area (Å²) >= 11 is 3.47. The molecule has 0 amide bonds. The van der Waals surface area contributed by atoms with Gasteiger partial charge in [0.15, 0.2) is 0 Å². The number of halogens is 2. The summed E-state index contributed by atoms with van der Waals surface area (Å²) in [5.74, 6) is 0.616. The highest BCUT2D eigenvalue weighted by Crippen LogP contribution is 2.26. The van der Waals surface area contributed by atoms with Crippen molar-refractivity contribution in [3.05, 3.63) is 58.3 Å². The monoisotopic (exact) mass is 337 g/mol. The Hall–Kier alpha value is -1.55. The van der Waals surface area contributed by atoms with Crippen LogP contribution < -0.4 is 9.64 Å². The Morgan fingerprint density at radius 1 is 1.20 bits per heavy atom. The number of ether oxygens (including phenoxy) is 1. The number of nitrogens with zero attached hydrogens (tertiary/aromatic N) is 1. The largest absolute Gasteiger partial charge is 0.496 e. The van der Waals surface area contributed by atoms with E-state index in [1.165, 1.54) is 6.07 Å². The fraction of sp³-hybridized carbons (Fsp3) is 0.250. The number of hydrogen-bond acceptors (Lipinski definition) is 2. The zero-order valence-corrected chi connectivity index (χ0v) is 13.2. The normalized spacial score (nSPS) is 10.4. The molecule has 106 valence electrons. The van der Waals surface area contributed by atoms with Gasteiger partial charge in [0.1, 0.15) is 11.6 Å². The molecule has 0 aliphatic heterocycles. The van der Waals surface area contributed by atoms with Gasteiger partial charge in [-0.15, -0.1) is 0 Å². The van der Waals surface area contributed by atoms with Crippen LogP contribution in [-0.2, 0) is 6.54 Å². The van der Waals surface area contributed by atoms with E-state index in [2.05, 4.69) is 27.8 Å². The maximum absolute atomic E-state index is 13.4. The Bertz CT molecular complexity index is 588. The fourth-order valence-corrected chi connectivity index (χ4v) is 2.54. The van der Waals surface area contributed by atoms with Crippen LogP contribution in [0.1, 0.15) is 12.5 Å². The second-order valence-corrected chi connectivity index (χ2v) is 5.37. The molecule has 0 spiro atoms. The van der Waals surface area contributed by atoms with Gasteiger partial charge in [0.2, 0.25) is 0 Å². The highest BCUT2D eigenvalue weighted by atomic mass is 79.9. The van der Waals surface area contributed by atoms with E-state index in [4.69, 9.17) is 4.74 Å². The zero-order chi connectivity index (χ0) is 14.5. The first kappa shape index (κ1) is 14.9. The van der Waals surface area contributed by atoms with Crippen LogP contribution in [0, 0.1) is 5.82 Å². The summed E-state index contributed by atoms with van der Waals surface area (Å²) in [5, 5.41) is 0. The number of methoxy groups -OCH3 is 1. The molecule has 0 saturated carbocycles. The lowest BCUT2D eigenvalue weighted by atomic mass is 10.1. The molecule has 20 heavy (non-hydrogen) atoms. The molecule has 0 saturated heterocycles. The molecule has 2 nitrogen and oxygen atoms in total. The molecule has 0 atom stereocenters. The fourth-order valence-electron chi connectivity index (χ4n) is 2.13. The van der Waals surface area contributed by atoms with Crippen LogP contribution in [0.5, 0.6) is 5.75 Å². The van der Waals surface area contributed by atoms with Crippen molar-refractivity contribution in [1.29, 1.82) is 0 Å². The standard InChI is InChI=1S/C16H17BrFNO/c1-3-19(15-6-4-5-14(18)10-15)11-12-9-13(17)7-8-16(12)20-2/h4-10H,3,11H2,1-2H3. The third-order valence-corrected chi connectivity index (χ3v) is 3.65. The van der Waals surface area contributed by atoms with Gasteiger partial charge in [0, 0.05) is 28.8 Å². The van der Waals surface area contributed by atoms with Crippen LogP contribution in [0.4, 0.5) is 10.1 Å². The minimum Gasteiger partial charge on any atom is -0.496 e. The molecule has 2 rings (SSSR count). The predicted octanol–water partition coefficient (Wildman–Crippen LogP) is 4.62. The van der Waals surface area contributed by atoms with Crippen molar-refractivity contribution in [3.63, 3.8) is 0 Å². The second kappa shape index (κ2) is 6.75. The molecule has 0 fully saturated rings. The molecular formula is C16H17BrFNO. The lowest BCUT2D eigenvalue weighted by molar-refractivity contribution is 0.409. The van der Waals surface area contributed by atoms with Gasteiger partial charge >= 0.3 is 0 Å². The molecule has 0 radical (unpaired) electrons. The van der Waals surface area contributed by atoms with Crippen LogP contribution >= 0.6 is 15.9 Å². The Kier molecular flexibility index (Phi) is 5.01. The van der Waals surface area contributed by atoms with Crippen molar-refractivity contribution in [3.8, 4) is 5.75 Å². The van der Waals surface area contributed by atoms with E-state index in [0.29, 0.717) is 6.54 Å². The molecule has 0 bridgehead atoms. The summed E-state index contributed by atoms with van der Waals surface area (Å²) in [6.07, 6.45) is 0. The van der Waals surface area contributed by atoms with E-state index in [9.17, 15) is 4.39 Å². The maximum Gasteiger partial charge on any atom is 0.125 e. The van der Waals surface area contributed by atoms with E-state index in [-0.39, 0.29) is 5.82 Å². The molecule has 2 aromatic carbocycles. The third-order valence-electron chi connectivity index (χ3n) is 3.16. The summed E-state index contributed by atoms with van der Waals surface area (Å²) in [4.78, 5) is 2.10. The predicted molar refractivity (Wildman–Crippen MR) is 83.8 cm³/mol. The van der Waals surface area contributed by atoms with E-state index < -0.39 is 0 Å². The average Bonchev–Trinajstić information content (AvgIpc) is 2.45. The smallest absolute Gasteiger partial charge is 0.125 e. The lowest BCUT2D eigenvalue weighted by Gasteiger charge is -2.24. The van der Waals surface area contributed by atoms with Gasteiger partial charge in [-0.05, 0) is 43.3 Å². The lowest BCUT2D eigenvalue weighted by Crippen LogP contribution is -2.22. The van der Waals surface area contributed by atoms with Crippen LogP contribution in [0.3, 0.4) is 0 Å². The van der Waals surface area contributed by atoms with Gasteiger partial charge in [-0.25, -0.2) is 4.39 Å². The molecule has 0 heterocycles. The Morgan fingerprint density at radius 2 is 2.00 bits per heavy atom. The molecule has 0 N–H and O–H groups in total. The molecule has 0 aliphatic rings. The molecule has 0 aromatic heterocycles. The van der Waals surface area contributed by atoms with Crippen LogP contribution in [0.2, 0.25) is 0 Å². The summed E-state index contributed by atoms with van der Waals surface area (Å²) in [6, 6.07) is 12.5. The minimum absolute atomic E-state index is 0.220. The van der Waals surface area contributed by atoms with Gasteiger partial charge in [-0.1, -0.05) is 22.0 Å². The van der Waals surface area contributed by atoms with Crippen LogP contribution in [0.15, 0.2) is 46.9 Å². The summed E-state index contributed by atoms with van der Waals surface area (Å²) < 4.78 is 19.7. The van der Waals surface area contributed by atoms with E-state index >= 15 is 0 Å². The highest BCUT2D eigenvalue weighted by Gasteiger charge is 2.10. The molecular weight excluding hydrogens is 321 g/mol. The maximum atomic E-state index is 13.4. The highest BCUT2D eigenvalue weighted by molar-refractivity contribution is 9.10. The third kappa shape index (κ3) is 3.51. The molecule has 0 unspecified atom stereocenters. The first-order chi connectivity index (χ1) is 9.63. The Balaban J connectivity index is 2.28. The first-order valence-electron chi connectivity index (χ1n) is 6.47. The van der Waals surface area contributed by atoms with Crippen LogP contribution in [0.25, 0.3) is 0 Å². The van der Waals surface area contributed by atoms with Gasteiger partial charge in [0.05, 0.1) is 7.11 Å². The quantitative estimate of drug-likeness (QED) is 0.789. The number of hydrogen-bond donors (Lipinski definition) is 0. The van der Waals surface area contributed by atoms with Gasteiger partial charge in [-0.3, -0.25) is 0 Å². The summed E-state index contributed by atoms with van der Waals surface area (Å²) in [5.41, 5.74) is 1.93. The SMILES string of the molecule is CCN(Cc1cc(Br)ccc1OC)c1cccc(F)c1. The first-order valence-corrected chi connectivity index (χ1v) is 7.26. The van der Waals surface area contributed by atoms with E-state index in [0.717, 1.165) is 28.0 Å². The molecule has 0 aliphatic carbocycles. The molecule has 2 aromatic rings. The van der Waals surface area contributed by atoms with Gasteiger partial charge < -0.3 is 9.64 Å². The van der Waals surface area contributed by atoms with E-state index in [1.807, 2.05) is 24.3 Å². The Morgan fingerprint density at radius 3 is 2.65 bits per heavy atom. The number of anilines is 1. The topological polar surface area (TPSA) is 12.5 Å². The Labute approximate surface area is 127 Å². The number of benzene rings is 2. The molecule has 4 heteroatoms. The van der Waals surface area contributed by atoms with Crippen molar-refractivity contribution in [2.45, 2.75) is 13.5 Å².